The van der Waals surface area contributed by atoms with Gasteiger partial charge in [0.05, 0.1) is 35.2 Å². The molecule has 0 bridgehead atoms. The Labute approximate surface area is 158 Å². The van der Waals surface area contributed by atoms with Gasteiger partial charge in [-0.05, 0) is 37.5 Å². The average molecular weight is 396 g/mol. The number of hydrogen-bond donors (Lipinski definition) is 1. The molecule has 0 radical (unpaired) electrons. The minimum Gasteiger partial charge on any atom is -0.465 e. The molecule has 0 spiro atoms. The molecule has 0 unspecified atom stereocenters. The molecule has 5 nitrogen and oxygen atoms in total. The number of carbonyl (C=O) groups excluding carboxylic acids is 1. The molecule has 0 aliphatic carbocycles. The van der Waals surface area contributed by atoms with E-state index in [2.05, 4.69) is 4.98 Å². The molecule has 1 aromatic heterocycles. The lowest BCUT2D eigenvalue weighted by Gasteiger charge is -2.19. The minimum atomic E-state index is -4.93. The van der Waals surface area contributed by atoms with E-state index in [1.54, 1.807) is 6.07 Å². The van der Waals surface area contributed by atoms with Gasteiger partial charge < -0.3 is 9.84 Å². The van der Waals surface area contributed by atoms with Crippen LogP contribution in [0.1, 0.15) is 39.3 Å². The van der Waals surface area contributed by atoms with Crippen molar-refractivity contribution in [1.82, 2.24) is 4.98 Å². The normalized spacial score (nSPS) is 11.2. The molecule has 148 valence electrons. The van der Waals surface area contributed by atoms with Crippen molar-refractivity contribution >= 4 is 5.97 Å². The summed E-state index contributed by atoms with van der Waals surface area (Å²) in [7, 11) is 1.04. The maximum absolute atomic E-state index is 13.6. The summed E-state index contributed by atoms with van der Waals surface area (Å²) < 4.78 is 58.9. The fraction of sp³-hybridized carbons (Fsp3) is 0.316. The lowest BCUT2D eigenvalue weighted by atomic mass is 9.89. The van der Waals surface area contributed by atoms with Crippen LogP contribution in [-0.4, -0.2) is 29.8 Å². The predicted molar refractivity (Wildman–Crippen MR) is 90.8 cm³/mol. The number of aliphatic hydroxyl groups is 1. The molecule has 0 fully saturated rings. The number of rotatable bonds is 5. The van der Waals surface area contributed by atoms with E-state index in [1.165, 1.54) is 6.92 Å². The SMILES string of the molecule is COC(=O)c1c(CCCO)nc(C)c(C#N)c1-c1ccc(F)cc1C(F)(F)F. The van der Waals surface area contributed by atoms with Gasteiger partial charge in [-0.15, -0.1) is 0 Å². The first-order chi connectivity index (χ1) is 13.1. The lowest BCUT2D eigenvalue weighted by molar-refractivity contribution is -0.137. The average Bonchev–Trinajstić information content (AvgIpc) is 2.64. The third-order valence-corrected chi connectivity index (χ3v) is 4.08. The molecule has 2 aromatic rings. The van der Waals surface area contributed by atoms with E-state index in [9.17, 15) is 27.6 Å². The molecule has 0 aliphatic heterocycles. The van der Waals surface area contributed by atoms with Crippen LogP contribution >= 0.6 is 0 Å². The summed E-state index contributed by atoms with van der Waals surface area (Å²) in [6.07, 6.45) is -4.67. The summed E-state index contributed by atoms with van der Waals surface area (Å²) in [5.74, 6) is -2.09. The Morgan fingerprint density at radius 3 is 2.57 bits per heavy atom. The van der Waals surface area contributed by atoms with Crippen LogP contribution in [0.25, 0.3) is 11.1 Å². The molecule has 1 heterocycles. The van der Waals surface area contributed by atoms with E-state index in [-0.39, 0.29) is 47.5 Å². The van der Waals surface area contributed by atoms with Crippen molar-refractivity contribution in [3.05, 3.63) is 52.1 Å². The number of alkyl halides is 3. The smallest absolute Gasteiger partial charge is 0.417 e. The molecule has 0 saturated heterocycles. The summed E-state index contributed by atoms with van der Waals surface area (Å²) in [5.41, 5.74) is -2.53. The number of nitriles is 1. The van der Waals surface area contributed by atoms with Crippen LogP contribution < -0.4 is 0 Å². The number of aliphatic hydroxyl groups excluding tert-OH is 1. The third-order valence-electron chi connectivity index (χ3n) is 4.08. The highest BCUT2D eigenvalue weighted by molar-refractivity contribution is 6.00. The first-order valence-corrected chi connectivity index (χ1v) is 8.15. The molecule has 0 saturated carbocycles. The molecule has 9 heteroatoms. The molecular weight excluding hydrogens is 380 g/mol. The van der Waals surface area contributed by atoms with E-state index in [0.717, 1.165) is 19.2 Å². The van der Waals surface area contributed by atoms with Crippen molar-refractivity contribution in [3.63, 3.8) is 0 Å². The second-order valence-corrected chi connectivity index (χ2v) is 5.89. The summed E-state index contributed by atoms with van der Waals surface area (Å²) in [4.78, 5) is 16.6. The van der Waals surface area contributed by atoms with Crippen molar-refractivity contribution in [2.24, 2.45) is 0 Å². The molecule has 1 N–H and O–H groups in total. The van der Waals surface area contributed by atoms with Gasteiger partial charge in [0.15, 0.2) is 0 Å². The van der Waals surface area contributed by atoms with Gasteiger partial charge in [0.25, 0.3) is 0 Å². The third kappa shape index (κ3) is 4.12. The van der Waals surface area contributed by atoms with Crippen LogP contribution in [0.4, 0.5) is 17.6 Å². The van der Waals surface area contributed by atoms with Crippen molar-refractivity contribution < 1.29 is 32.2 Å². The van der Waals surface area contributed by atoms with E-state index in [0.29, 0.717) is 6.07 Å². The topological polar surface area (TPSA) is 83.2 Å². The fourth-order valence-electron chi connectivity index (χ4n) is 2.89. The number of pyridine rings is 1. The number of halogens is 4. The number of aryl methyl sites for hydroxylation is 2. The van der Waals surface area contributed by atoms with Gasteiger partial charge >= 0.3 is 12.1 Å². The lowest BCUT2D eigenvalue weighted by Crippen LogP contribution is -2.16. The van der Waals surface area contributed by atoms with Crippen molar-refractivity contribution in [2.45, 2.75) is 25.9 Å². The minimum absolute atomic E-state index is 0.0724. The molecule has 28 heavy (non-hydrogen) atoms. The van der Waals surface area contributed by atoms with Gasteiger partial charge in [0.1, 0.15) is 11.9 Å². The van der Waals surface area contributed by atoms with E-state index >= 15 is 0 Å². The maximum Gasteiger partial charge on any atom is 0.417 e. The van der Waals surface area contributed by atoms with Gasteiger partial charge in [-0.2, -0.15) is 18.4 Å². The number of ether oxygens (including phenoxy) is 1. The van der Waals surface area contributed by atoms with Crippen LogP contribution in [0.5, 0.6) is 0 Å². The fourth-order valence-corrected chi connectivity index (χ4v) is 2.89. The summed E-state index contributed by atoms with van der Waals surface area (Å²) in [6.45, 7) is 1.18. The molecule has 0 atom stereocenters. The molecule has 0 aliphatic rings. The number of esters is 1. The number of benzene rings is 1. The number of carbonyl (C=O) groups is 1. The zero-order valence-corrected chi connectivity index (χ0v) is 15.0. The van der Waals surface area contributed by atoms with Crippen LogP contribution in [0.2, 0.25) is 0 Å². The Morgan fingerprint density at radius 1 is 1.36 bits per heavy atom. The first-order valence-electron chi connectivity index (χ1n) is 8.15. The Morgan fingerprint density at radius 2 is 2.04 bits per heavy atom. The molecule has 0 amide bonds. The van der Waals surface area contributed by atoms with Crippen LogP contribution in [0.15, 0.2) is 18.2 Å². The summed E-state index contributed by atoms with van der Waals surface area (Å²) >= 11 is 0. The second kappa shape index (κ2) is 8.35. The van der Waals surface area contributed by atoms with Crippen molar-refractivity contribution in [3.8, 4) is 17.2 Å². The highest BCUT2D eigenvalue weighted by atomic mass is 19.4. The Hall–Kier alpha value is -2.99. The quantitative estimate of drug-likeness (QED) is 0.614. The monoisotopic (exact) mass is 396 g/mol. The maximum atomic E-state index is 13.6. The van der Waals surface area contributed by atoms with Gasteiger partial charge in [0, 0.05) is 12.2 Å². The first kappa shape index (κ1) is 21.3. The Balaban J connectivity index is 3.00. The molecule has 2 rings (SSSR count). The Kier molecular flexibility index (Phi) is 6.36. The highest BCUT2D eigenvalue weighted by Gasteiger charge is 2.37. The Bertz CT molecular complexity index is 950. The molecule has 1 aromatic carbocycles. The number of methoxy groups -OCH3 is 1. The summed E-state index contributed by atoms with van der Waals surface area (Å²) in [5, 5.41) is 18.6. The zero-order valence-electron chi connectivity index (χ0n) is 15.0. The van der Waals surface area contributed by atoms with Crippen LogP contribution in [-0.2, 0) is 17.3 Å². The standard InChI is InChI=1S/C19H16F4N2O3/c1-10-13(9-24)16(12-6-5-11(20)8-14(12)19(21,22)23)17(18(27)28-2)15(25-10)4-3-7-26/h5-6,8,26H,3-4,7H2,1-2H3. The van der Waals surface area contributed by atoms with Crippen molar-refractivity contribution in [2.75, 3.05) is 13.7 Å². The van der Waals surface area contributed by atoms with Crippen molar-refractivity contribution in [1.29, 1.82) is 5.26 Å². The van der Waals surface area contributed by atoms with Gasteiger partial charge in [-0.25, -0.2) is 9.18 Å². The highest BCUT2D eigenvalue weighted by Crippen LogP contribution is 2.41. The largest absolute Gasteiger partial charge is 0.465 e. The van der Waals surface area contributed by atoms with Gasteiger partial charge in [-0.1, -0.05) is 6.07 Å². The predicted octanol–water partition coefficient (Wildman–Crippen LogP) is 3.80. The van der Waals surface area contributed by atoms with E-state index < -0.39 is 29.1 Å². The van der Waals surface area contributed by atoms with E-state index in [4.69, 9.17) is 9.84 Å². The van der Waals surface area contributed by atoms with Crippen LogP contribution in [0, 0.1) is 24.1 Å². The second-order valence-electron chi connectivity index (χ2n) is 5.89. The van der Waals surface area contributed by atoms with E-state index in [1.807, 2.05) is 0 Å². The van der Waals surface area contributed by atoms with Gasteiger partial charge in [0.2, 0.25) is 0 Å². The molecular formula is C19H16F4N2O3. The number of aromatic nitrogens is 1. The summed E-state index contributed by atoms with van der Waals surface area (Å²) in [6, 6.07) is 3.77. The number of nitrogens with zero attached hydrogens (tertiary/aromatic N) is 2. The van der Waals surface area contributed by atoms with Crippen LogP contribution in [0.3, 0.4) is 0 Å². The zero-order chi connectivity index (χ0) is 21.1. The van der Waals surface area contributed by atoms with Gasteiger partial charge in [-0.3, -0.25) is 4.98 Å². The number of hydrogen-bond acceptors (Lipinski definition) is 5.